The molecule has 9 heteroatoms. The molecule has 1 saturated carbocycles. The van der Waals surface area contributed by atoms with Crippen LogP contribution in [0.3, 0.4) is 0 Å². The van der Waals surface area contributed by atoms with Crippen LogP contribution in [0.25, 0.3) is 0 Å². The number of rotatable bonds is 6. The van der Waals surface area contributed by atoms with E-state index in [2.05, 4.69) is 36.6 Å². The van der Waals surface area contributed by atoms with Crippen molar-refractivity contribution in [3.8, 4) is 0 Å². The monoisotopic (exact) mass is 431 g/mol. The van der Waals surface area contributed by atoms with Crippen LogP contribution in [0, 0.1) is 5.92 Å². The molecule has 0 saturated heterocycles. The summed E-state index contributed by atoms with van der Waals surface area (Å²) in [4.78, 5) is 10.9. The van der Waals surface area contributed by atoms with Crippen molar-refractivity contribution < 1.29 is 18.3 Å². The van der Waals surface area contributed by atoms with Gasteiger partial charge in [0.25, 0.3) is 0 Å². The van der Waals surface area contributed by atoms with Crippen LogP contribution in [0.1, 0.15) is 19.3 Å². The van der Waals surface area contributed by atoms with Gasteiger partial charge in [0.1, 0.15) is 4.90 Å². The van der Waals surface area contributed by atoms with Gasteiger partial charge < -0.3 is 5.11 Å². The molecule has 0 aromatic carbocycles. The number of halogens is 2. The van der Waals surface area contributed by atoms with E-state index < -0.39 is 22.0 Å². The molecule has 2 rings (SSSR count). The second kappa shape index (κ2) is 5.80. The quantitative estimate of drug-likeness (QED) is 0.723. The number of thiophene rings is 1. The molecule has 1 aromatic heterocycles. The number of sulfonamides is 1. The Hall–Kier alpha value is 0.0400. The zero-order valence-electron chi connectivity index (χ0n) is 9.60. The topological polar surface area (TPSA) is 83.5 Å². The Bertz CT molecular complexity index is 595. The number of carboxylic acids is 1. The van der Waals surface area contributed by atoms with Crippen molar-refractivity contribution in [2.45, 2.75) is 30.2 Å². The minimum absolute atomic E-state index is 0.131. The summed E-state index contributed by atoms with van der Waals surface area (Å²) in [7, 11) is -3.70. The third kappa shape index (κ3) is 4.01. The largest absolute Gasteiger partial charge is 0.481 e. The van der Waals surface area contributed by atoms with Crippen LogP contribution in [0.15, 0.2) is 18.5 Å². The Morgan fingerprint density at radius 3 is 2.58 bits per heavy atom. The predicted molar refractivity (Wildman–Crippen MR) is 78.8 cm³/mol. The second-order valence-corrected chi connectivity index (χ2v) is 9.78. The van der Waals surface area contributed by atoms with Crippen LogP contribution in [0.4, 0.5) is 0 Å². The lowest BCUT2D eigenvalue weighted by molar-refractivity contribution is -0.137. The van der Waals surface area contributed by atoms with Gasteiger partial charge in [-0.15, -0.1) is 11.3 Å². The van der Waals surface area contributed by atoms with Gasteiger partial charge in [-0.25, -0.2) is 13.1 Å². The first-order chi connectivity index (χ1) is 8.79. The maximum Gasteiger partial charge on any atom is 0.304 e. The van der Waals surface area contributed by atoms with E-state index >= 15 is 0 Å². The highest BCUT2D eigenvalue weighted by atomic mass is 79.9. The number of aliphatic carboxylic acids is 1. The van der Waals surface area contributed by atoms with Crippen molar-refractivity contribution >= 4 is 59.2 Å². The summed E-state index contributed by atoms with van der Waals surface area (Å²) in [5.74, 6) is -0.864. The lowest BCUT2D eigenvalue weighted by Crippen LogP contribution is -2.38. The van der Waals surface area contributed by atoms with Crippen LogP contribution in [-0.4, -0.2) is 25.5 Å². The van der Waals surface area contributed by atoms with E-state index in [4.69, 9.17) is 5.11 Å². The van der Waals surface area contributed by atoms with Crippen molar-refractivity contribution in [3.63, 3.8) is 0 Å². The van der Waals surface area contributed by atoms with E-state index in [9.17, 15) is 13.2 Å². The maximum atomic E-state index is 12.2. The highest BCUT2D eigenvalue weighted by Gasteiger charge is 2.36. The average molecular weight is 433 g/mol. The van der Waals surface area contributed by atoms with Crippen LogP contribution < -0.4 is 4.72 Å². The predicted octanol–water partition coefficient (Wildman–Crippen LogP) is 2.80. The number of carbonyl (C=O) groups is 1. The van der Waals surface area contributed by atoms with E-state index in [1.807, 2.05) is 0 Å². The minimum Gasteiger partial charge on any atom is -0.481 e. The molecule has 0 spiro atoms. The van der Waals surface area contributed by atoms with Crippen molar-refractivity contribution in [1.29, 1.82) is 0 Å². The first kappa shape index (κ1) is 15.4. The summed E-state index contributed by atoms with van der Waals surface area (Å²) in [6.45, 7) is 0. The van der Waals surface area contributed by atoms with E-state index in [0.717, 1.165) is 12.8 Å². The number of hydrogen-bond acceptors (Lipinski definition) is 4. The summed E-state index contributed by atoms with van der Waals surface area (Å²) in [5.41, 5.74) is 0. The summed E-state index contributed by atoms with van der Waals surface area (Å²) in [6, 6.07) is 0.968. The zero-order chi connectivity index (χ0) is 14.2. The molecule has 2 N–H and O–H groups in total. The highest BCUT2D eigenvalue weighted by molar-refractivity contribution is 9.12. The smallest absolute Gasteiger partial charge is 0.304 e. The Morgan fingerprint density at radius 1 is 1.53 bits per heavy atom. The van der Waals surface area contributed by atoms with Gasteiger partial charge in [0, 0.05) is 6.04 Å². The second-order valence-electron chi connectivity index (χ2n) is 4.35. The molecule has 1 fully saturated rings. The highest BCUT2D eigenvalue weighted by Crippen LogP contribution is 2.37. The Labute approximate surface area is 131 Å². The van der Waals surface area contributed by atoms with Gasteiger partial charge in [0.2, 0.25) is 10.0 Å². The molecule has 5 nitrogen and oxygen atoms in total. The number of carboxylic acid groups (broad SMARTS) is 1. The van der Waals surface area contributed by atoms with Crippen molar-refractivity contribution in [2.24, 2.45) is 5.92 Å². The van der Waals surface area contributed by atoms with Gasteiger partial charge in [-0.05, 0) is 56.7 Å². The minimum atomic E-state index is -3.70. The van der Waals surface area contributed by atoms with Crippen LogP contribution in [0.5, 0.6) is 0 Å². The molecule has 0 bridgehead atoms. The van der Waals surface area contributed by atoms with Gasteiger partial charge in [0.05, 0.1) is 14.0 Å². The molecule has 0 aliphatic heterocycles. The average Bonchev–Trinajstić information content (AvgIpc) is 3.02. The molecule has 1 atom stereocenters. The fraction of sp³-hybridized carbons (Fsp3) is 0.500. The van der Waals surface area contributed by atoms with Gasteiger partial charge in [-0.1, -0.05) is 0 Å². The lowest BCUT2D eigenvalue weighted by Gasteiger charge is -2.15. The van der Waals surface area contributed by atoms with Crippen LogP contribution in [0.2, 0.25) is 0 Å². The molecular weight excluding hydrogens is 422 g/mol. The molecule has 1 aromatic rings. The van der Waals surface area contributed by atoms with Crippen molar-refractivity contribution in [1.82, 2.24) is 4.72 Å². The van der Waals surface area contributed by atoms with Crippen molar-refractivity contribution in [3.05, 3.63) is 13.6 Å². The van der Waals surface area contributed by atoms with E-state index in [1.165, 1.54) is 17.4 Å². The molecular formula is C10H11Br2NO4S2. The van der Waals surface area contributed by atoms with Gasteiger partial charge in [0.15, 0.2) is 0 Å². The van der Waals surface area contributed by atoms with Gasteiger partial charge in [-0.2, -0.15) is 0 Å². The molecule has 1 heterocycles. The summed E-state index contributed by atoms with van der Waals surface area (Å²) >= 11 is 7.68. The molecule has 1 aliphatic carbocycles. The summed E-state index contributed by atoms with van der Waals surface area (Å²) in [6.07, 6.45) is 1.55. The maximum absolute atomic E-state index is 12.2. The molecule has 0 radical (unpaired) electrons. The molecule has 1 aliphatic rings. The summed E-state index contributed by atoms with van der Waals surface area (Å²) < 4.78 is 28.2. The van der Waals surface area contributed by atoms with Gasteiger partial charge >= 0.3 is 5.97 Å². The number of nitrogens with one attached hydrogen (secondary N) is 1. The zero-order valence-corrected chi connectivity index (χ0v) is 14.4. The molecule has 0 amide bonds. The normalized spacial score (nSPS) is 17.4. The van der Waals surface area contributed by atoms with Gasteiger partial charge in [-0.3, -0.25) is 4.79 Å². The summed E-state index contributed by atoms with van der Waals surface area (Å²) in [5, 5.41) is 8.84. The standard InChI is InChI=1S/C10H11Br2NO4S2/c11-8-4-7(10(12)18-8)19(16,17)13-6(3-9(14)15)5-1-2-5/h4-6,13H,1-3H2,(H,14,15). The fourth-order valence-electron chi connectivity index (χ4n) is 1.76. The molecule has 1 unspecified atom stereocenters. The van der Waals surface area contributed by atoms with E-state index in [1.54, 1.807) is 0 Å². The number of hydrogen-bond donors (Lipinski definition) is 2. The third-order valence-electron chi connectivity index (χ3n) is 2.81. The fourth-order valence-corrected chi connectivity index (χ4v) is 6.88. The van der Waals surface area contributed by atoms with Crippen molar-refractivity contribution in [2.75, 3.05) is 0 Å². The third-order valence-corrected chi connectivity index (χ3v) is 7.05. The molecule has 19 heavy (non-hydrogen) atoms. The lowest BCUT2D eigenvalue weighted by atomic mass is 10.1. The van der Waals surface area contributed by atoms with Crippen LogP contribution in [-0.2, 0) is 14.8 Å². The van der Waals surface area contributed by atoms with E-state index in [-0.39, 0.29) is 17.2 Å². The SMILES string of the molecule is O=C(O)CC(NS(=O)(=O)c1cc(Br)sc1Br)C1CC1. The first-order valence-electron chi connectivity index (χ1n) is 5.48. The van der Waals surface area contributed by atoms with Crippen LogP contribution >= 0.6 is 43.2 Å². The molecule has 106 valence electrons. The Kier molecular flexibility index (Phi) is 4.71. The Balaban J connectivity index is 2.19. The Morgan fingerprint density at radius 2 is 2.16 bits per heavy atom. The van der Waals surface area contributed by atoms with E-state index in [0.29, 0.717) is 7.57 Å². The first-order valence-corrected chi connectivity index (χ1v) is 9.37.